The number of nitro groups is 1. The van der Waals surface area contributed by atoms with Gasteiger partial charge in [-0.25, -0.2) is 0 Å². The molecule has 1 amide bonds. The van der Waals surface area contributed by atoms with Gasteiger partial charge in [-0.1, -0.05) is 17.7 Å². The van der Waals surface area contributed by atoms with Gasteiger partial charge in [0.25, 0.3) is 5.69 Å². The monoisotopic (exact) mass is 404 g/mol. The molecule has 0 saturated carbocycles. The Balaban J connectivity index is 1.55. The van der Waals surface area contributed by atoms with E-state index >= 15 is 0 Å². The van der Waals surface area contributed by atoms with E-state index in [2.05, 4.69) is 5.32 Å². The first-order valence-electron chi connectivity index (χ1n) is 8.81. The molecule has 0 aliphatic carbocycles. The van der Waals surface area contributed by atoms with Crippen LogP contribution in [0.15, 0.2) is 42.5 Å². The van der Waals surface area contributed by atoms with Crippen LogP contribution in [0.5, 0.6) is 5.75 Å². The molecule has 1 fully saturated rings. The summed E-state index contributed by atoms with van der Waals surface area (Å²) in [4.78, 5) is 27.1. The van der Waals surface area contributed by atoms with Crippen molar-refractivity contribution in [3.05, 3.63) is 57.6 Å². The quantitative estimate of drug-likeness (QED) is 0.588. The number of hydrogen-bond acceptors (Lipinski definition) is 6. The van der Waals surface area contributed by atoms with E-state index < -0.39 is 4.92 Å². The maximum Gasteiger partial charge on any atom is 0.294 e. The molecule has 28 heavy (non-hydrogen) atoms. The summed E-state index contributed by atoms with van der Waals surface area (Å²) in [6.45, 7) is 2.70. The zero-order chi connectivity index (χ0) is 20.1. The summed E-state index contributed by atoms with van der Waals surface area (Å²) in [5.74, 6) is 0.565. The van der Waals surface area contributed by atoms with Crippen LogP contribution >= 0.6 is 11.6 Å². The van der Waals surface area contributed by atoms with Gasteiger partial charge in [-0.05, 0) is 24.3 Å². The highest BCUT2D eigenvalue weighted by molar-refractivity contribution is 6.30. The number of nitrogens with zero attached hydrogens (tertiary/aromatic N) is 3. The molecule has 1 heterocycles. The Labute approximate surface area is 167 Å². The van der Waals surface area contributed by atoms with Gasteiger partial charge in [0, 0.05) is 49.0 Å². The SMILES string of the molecule is COc1cccc(NC(=O)CN2CCN(c3ccc(Cl)cc3[N+](=O)[O-])CC2)c1. The number of methoxy groups -OCH3 is 1. The molecule has 0 bridgehead atoms. The van der Waals surface area contributed by atoms with E-state index in [-0.39, 0.29) is 18.1 Å². The summed E-state index contributed by atoms with van der Waals surface area (Å²) in [5.41, 5.74) is 1.23. The third kappa shape index (κ3) is 4.90. The molecule has 1 saturated heterocycles. The lowest BCUT2D eigenvalue weighted by Gasteiger charge is -2.35. The van der Waals surface area contributed by atoms with E-state index in [1.165, 1.54) is 6.07 Å². The number of carbonyl (C=O) groups is 1. The first kappa shape index (κ1) is 19.9. The Kier molecular flexibility index (Phi) is 6.33. The van der Waals surface area contributed by atoms with Crippen LogP contribution in [0, 0.1) is 10.1 Å². The van der Waals surface area contributed by atoms with Crippen molar-refractivity contribution < 1.29 is 14.5 Å². The standard InChI is InChI=1S/C19H21ClN4O4/c1-28-16-4-2-3-15(12-16)21-19(25)13-22-7-9-23(10-8-22)17-6-5-14(20)11-18(17)24(26)27/h2-6,11-12H,7-10,13H2,1H3,(H,21,25). The van der Waals surface area contributed by atoms with Crippen molar-refractivity contribution in [3.8, 4) is 5.75 Å². The molecule has 2 aromatic rings. The second-order valence-corrected chi connectivity index (χ2v) is 6.87. The minimum absolute atomic E-state index is 0.00304. The van der Waals surface area contributed by atoms with E-state index in [0.29, 0.717) is 48.3 Å². The highest BCUT2D eigenvalue weighted by Crippen LogP contribution is 2.31. The molecule has 1 N–H and O–H groups in total. The minimum Gasteiger partial charge on any atom is -0.497 e. The topological polar surface area (TPSA) is 88.0 Å². The smallest absolute Gasteiger partial charge is 0.294 e. The van der Waals surface area contributed by atoms with Crippen molar-refractivity contribution in [3.63, 3.8) is 0 Å². The van der Waals surface area contributed by atoms with Gasteiger partial charge in [0.1, 0.15) is 11.4 Å². The van der Waals surface area contributed by atoms with Crippen molar-refractivity contribution >= 4 is 34.6 Å². The fourth-order valence-electron chi connectivity index (χ4n) is 3.16. The summed E-state index contributed by atoms with van der Waals surface area (Å²) in [7, 11) is 1.57. The summed E-state index contributed by atoms with van der Waals surface area (Å²) >= 11 is 5.88. The molecule has 9 heteroatoms. The lowest BCUT2D eigenvalue weighted by Crippen LogP contribution is -2.48. The molecule has 8 nitrogen and oxygen atoms in total. The molecule has 0 unspecified atom stereocenters. The third-order valence-corrected chi connectivity index (χ3v) is 4.80. The van der Waals surface area contributed by atoms with Crippen molar-refractivity contribution in [2.75, 3.05) is 50.1 Å². The molecule has 1 aliphatic heterocycles. The molecular weight excluding hydrogens is 384 g/mol. The molecule has 3 rings (SSSR count). The number of ether oxygens (including phenoxy) is 1. The highest BCUT2D eigenvalue weighted by atomic mass is 35.5. The average molecular weight is 405 g/mol. The van der Waals surface area contributed by atoms with Crippen LogP contribution in [0.4, 0.5) is 17.1 Å². The maximum atomic E-state index is 12.3. The number of nitrogens with one attached hydrogen (secondary N) is 1. The van der Waals surface area contributed by atoms with E-state index in [9.17, 15) is 14.9 Å². The van der Waals surface area contributed by atoms with Gasteiger partial charge in [0.15, 0.2) is 0 Å². The van der Waals surface area contributed by atoms with Crippen LogP contribution in [-0.2, 0) is 4.79 Å². The van der Waals surface area contributed by atoms with Gasteiger partial charge in [-0.2, -0.15) is 0 Å². The average Bonchev–Trinajstić information content (AvgIpc) is 2.68. The molecule has 0 radical (unpaired) electrons. The predicted molar refractivity (Wildman–Crippen MR) is 108 cm³/mol. The van der Waals surface area contributed by atoms with Gasteiger partial charge in [-0.3, -0.25) is 19.8 Å². The van der Waals surface area contributed by atoms with E-state index in [1.807, 2.05) is 21.9 Å². The van der Waals surface area contributed by atoms with Crippen molar-refractivity contribution in [1.29, 1.82) is 0 Å². The normalized spacial score (nSPS) is 14.6. The molecule has 0 atom stereocenters. The van der Waals surface area contributed by atoms with Gasteiger partial charge in [0.05, 0.1) is 18.6 Å². The van der Waals surface area contributed by atoms with Crippen molar-refractivity contribution in [1.82, 2.24) is 4.90 Å². The number of piperazine rings is 1. The Morgan fingerprint density at radius 3 is 2.64 bits per heavy atom. The van der Waals surface area contributed by atoms with Crippen molar-refractivity contribution in [2.24, 2.45) is 0 Å². The fraction of sp³-hybridized carbons (Fsp3) is 0.316. The number of benzene rings is 2. The Morgan fingerprint density at radius 2 is 1.96 bits per heavy atom. The van der Waals surface area contributed by atoms with E-state index in [1.54, 1.807) is 31.4 Å². The van der Waals surface area contributed by atoms with Crippen LogP contribution in [0.2, 0.25) is 5.02 Å². The van der Waals surface area contributed by atoms with Crippen LogP contribution in [0.25, 0.3) is 0 Å². The number of carbonyl (C=O) groups excluding carboxylic acids is 1. The van der Waals surface area contributed by atoms with Gasteiger partial charge < -0.3 is 15.0 Å². The zero-order valence-electron chi connectivity index (χ0n) is 15.4. The first-order chi connectivity index (χ1) is 13.5. The van der Waals surface area contributed by atoms with Crippen LogP contribution < -0.4 is 15.0 Å². The minimum atomic E-state index is -0.421. The Morgan fingerprint density at radius 1 is 1.21 bits per heavy atom. The lowest BCUT2D eigenvalue weighted by atomic mass is 10.2. The second kappa shape index (κ2) is 8.90. The summed E-state index contributed by atoms with van der Waals surface area (Å²) in [6.07, 6.45) is 0. The number of anilines is 2. The van der Waals surface area contributed by atoms with E-state index in [0.717, 1.165) is 0 Å². The molecule has 0 spiro atoms. The fourth-order valence-corrected chi connectivity index (χ4v) is 3.33. The van der Waals surface area contributed by atoms with Crippen LogP contribution in [-0.4, -0.2) is 55.6 Å². The van der Waals surface area contributed by atoms with Gasteiger partial charge >= 0.3 is 0 Å². The third-order valence-electron chi connectivity index (χ3n) is 4.57. The van der Waals surface area contributed by atoms with Crippen LogP contribution in [0.3, 0.4) is 0 Å². The summed E-state index contributed by atoms with van der Waals surface area (Å²) in [5, 5.41) is 14.5. The molecule has 1 aliphatic rings. The lowest BCUT2D eigenvalue weighted by molar-refractivity contribution is -0.384. The zero-order valence-corrected chi connectivity index (χ0v) is 16.2. The maximum absolute atomic E-state index is 12.3. The molecule has 148 valence electrons. The highest BCUT2D eigenvalue weighted by Gasteiger charge is 2.24. The van der Waals surface area contributed by atoms with Crippen molar-refractivity contribution in [2.45, 2.75) is 0 Å². The first-order valence-corrected chi connectivity index (χ1v) is 9.19. The number of hydrogen-bond donors (Lipinski definition) is 1. The van der Waals surface area contributed by atoms with Gasteiger partial charge in [-0.15, -0.1) is 0 Å². The predicted octanol–water partition coefficient (Wildman–Crippen LogP) is 3.02. The number of amides is 1. The summed E-state index contributed by atoms with van der Waals surface area (Å²) in [6, 6.07) is 11.9. The number of rotatable bonds is 6. The molecule has 0 aromatic heterocycles. The number of nitro benzene ring substituents is 1. The number of halogens is 1. The molecule has 2 aromatic carbocycles. The largest absolute Gasteiger partial charge is 0.497 e. The Bertz CT molecular complexity index is 869. The van der Waals surface area contributed by atoms with Gasteiger partial charge in [0.2, 0.25) is 5.91 Å². The van der Waals surface area contributed by atoms with Crippen LogP contribution in [0.1, 0.15) is 0 Å². The second-order valence-electron chi connectivity index (χ2n) is 6.43. The summed E-state index contributed by atoms with van der Waals surface area (Å²) < 4.78 is 5.15. The Hall–Kier alpha value is -2.84. The van der Waals surface area contributed by atoms with E-state index in [4.69, 9.17) is 16.3 Å². The molecular formula is C19H21ClN4O4.